The largest absolute Gasteiger partial charge is 0.493 e. The van der Waals surface area contributed by atoms with Crippen LogP contribution in [0.3, 0.4) is 0 Å². The van der Waals surface area contributed by atoms with Gasteiger partial charge in [-0.25, -0.2) is 8.42 Å². The zero-order valence-electron chi connectivity index (χ0n) is 9.69. The van der Waals surface area contributed by atoms with Crippen molar-refractivity contribution in [2.24, 2.45) is 0 Å². The minimum absolute atomic E-state index is 0.302. The summed E-state index contributed by atoms with van der Waals surface area (Å²) in [6.07, 6.45) is 0. The molecule has 0 saturated carbocycles. The maximum Gasteiger partial charge on any atom is 0.236 e. The molecule has 0 heterocycles. The second kappa shape index (κ2) is 5.46. The molecule has 0 atom stereocenters. The molecule has 1 aromatic rings. The molecule has 0 saturated heterocycles. The number of hydrogen-bond acceptors (Lipinski definition) is 5. The molecule has 0 N–H and O–H groups in total. The van der Waals surface area contributed by atoms with Gasteiger partial charge < -0.3 is 14.2 Å². The average molecular weight is 281 g/mol. The second-order valence-electron chi connectivity index (χ2n) is 3.18. The van der Waals surface area contributed by atoms with E-state index in [4.69, 9.17) is 24.9 Å². The van der Waals surface area contributed by atoms with E-state index in [1.54, 1.807) is 12.1 Å². The summed E-state index contributed by atoms with van der Waals surface area (Å²) in [5.41, 5.74) is 0.417. The van der Waals surface area contributed by atoms with Crippen LogP contribution in [0, 0.1) is 0 Å². The summed E-state index contributed by atoms with van der Waals surface area (Å²) in [6, 6.07) is 3.17. The zero-order valence-corrected chi connectivity index (χ0v) is 11.3. The first-order valence-corrected chi connectivity index (χ1v) is 7.11. The lowest BCUT2D eigenvalue weighted by Gasteiger charge is -2.14. The van der Waals surface area contributed by atoms with Gasteiger partial charge >= 0.3 is 0 Å². The molecule has 7 heteroatoms. The van der Waals surface area contributed by atoms with Crippen molar-refractivity contribution in [3.8, 4) is 17.2 Å². The first-order valence-electron chi connectivity index (χ1n) is 4.63. The predicted molar refractivity (Wildman–Crippen MR) is 64.6 cm³/mol. The van der Waals surface area contributed by atoms with Gasteiger partial charge in [0.2, 0.25) is 14.8 Å². The van der Waals surface area contributed by atoms with Crippen molar-refractivity contribution in [1.82, 2.24) is 0 Å². The number of hydrogen-bond donors (Lipinski definition) is 0. The lowest BCUT2D eigenvalue weighted by molar-refractivity contribution is 0.323. The van der Waals surface area contributed by atoms with Crippen molar-refractivity contribution >= 4 is 19.7 Å². The third-order valence-electron chi connectivity index (χ3n) is 2.11. The maximum absolute atomic E-state index is 11.1. The van der Waals surface area contributed by atoms with Gasteiger partial charge in [0.15, 0.2) is 11.5 Å². The normalized spacial score (nSPS) is 11.1. The number of halogens is 1. The summed E-state index contributed by atoms with van der Waals surface area (Å²) in [6.45, 7) is 0. The number of methoxy groups -OCH3 is 3. The molecular formula is C10H13ClO5S. The highest BCUT2D eigenvalue weighted by atomic mass is 35.7. The Balaban J connectivity index is 3.33. The van der Waals surface area contributed by atoms with E-state index in [-0.39, 0.29) is 5.75 Å². The molecule has 0 aromatic heterocycles. The fourth-order valence-corrected chi connectivity index (χ4v) is 2.41. The van der Waals surface area contributed by atoms with E-state index in [0.717, 1.165) is 0 Å². The van der Waals surface area contributed by atoms with Gasteiger partial charge in [0, 0.05) is 16.2 Å². The maximum atomic E-state index is 11.1. The van der Waals surface area contributed by atoms with Gasteiger partial charge in [0.1, 0.15) is 0 Å². The minimum Gasteiger partial charge on any atom is -0.493 e. The molecule has 0 aliphatic carbocycles. The highest BCUT2D eigenvalue weighted by molar-refractivity contribution is 8.13. The summed E-state index contributed by atoms with van der Waals surface area (Å²) in [4.78, 5) is 0. The van der Waals surface area contributed by atoms with Gasteiger partial charge in [-0.05, 0) is 6.07 Å². The van der Waals surface area contributed by atoms with Crippen molar-refractivity contribution in [3.05, 3.63) is 17.7 Å². The van der Waals surface area contributed by atoms with E-state index in [2.05, 4.69) is 0 Å². The minimum atomic E-state index is -3.66. The first kappa shape index (κ1) is 13.9. The fourth-order valence-electron chi connectivity index (χ4n) is 1.46. The lowest BCUT2D eigenvalue weighted by atomic mass is 10.2. The van der Waals surface area contributed by atoms with Gasteiger partial charge in [-0.3, -0.25) is 0 Å². The Labute approximate surface area is 105 Å². The third kappa shape index (κ3) is 3.41. The van der Waals surface area contributed by atoms with E-state index in [1.165, 1.54) is 21.3 Å². The molecule has 5 nitrogen and oxygen atoms in total. The predicted octanol–water partition coefficient (Wildman–Crippen LogP) is 1.78. The summed E-state index contributed by atoms with van der Waals surface area (Å²) in [5.74, 6) is 0.766. The Bertz CT molecular complexity index is 498. The average Bonchev–Trinajstić information content (AvgIpc) is 2.26. The van der Waals surface area contributed by atoms with E-state index in [0.29, 0.717) is 22.8 Å². The SMILES string of the molecule is COc1ccc(CS(=O)(=O)Cl)c(OC)c1OC. The van der Waals surface area contributed by atoms with Gasteiger partial charge in [-0.15, -0.1) is 0 Å². The Morgan fingerprint density at radius 2 is 1.65 bits per heavy atom. The molecule has 0 radical (unpaired) electrons. The molecule has 0 fully saturated rings. The Morgan fingerprint density at radius 3 is 2.06 bits per heavy atom. The van der Waals surface area contributed by atoms with Gasteiger partial charge in [0.05, 0.1) is 27.1 Å². The molecule has 17 heavy (non-hydrogen) atoms. The summed E-state index contributed by atoms with van der Waals surface area (Å²) in [7, 11) is 5.90. The first-order chi connectivity index (χ1) is 7.92. The van der Waals surface area contributed by atoms with Crippen molar-refractivity contribution in [3.63, 3.8) is 0 Å². The van der Waals surface area contributed by atoms with Crippen LogP contribution in [0.4, 0.5) is 0 Å². The molecule has 0 amide bonds. The number of ether oxygens (including phenoxy) is 3. The van der Waals surface area contributed by atoms with E-state index in [1.807, 2.05) is 0 Å². The standard InChI is InChI=1S/C10H13ClO5S/c1-14-8-5-4-7(6-17(11,12)13)9(15-2)10(8)16-3/h4-5H,6H2,1-3H3. The van der Waals surface area contributed by atoms with Crippen molar-refractivity contribution in [2.75, 3.05) is 21.3 Å². The molecule has 1 aromatic carbocycles. The number of benzene rings is 1. The van der Waals surface area contributed by atoms with E-state index in [9.17, 15) is 8.42 Å². The van der Waals surface area contributed by atoms with Crippen LogP contribution in [0.1, 0.15) is 5.56 Å². The molecule has 0 aliphatic rings. The molecule has 0 aliphatic heterocycles. The Kier molecular flexibility index (Phi) is 4.47. The van der Waals surface area contributed by atoms with E-state index >= 15 is 0 Å². The van der Waals surface area contributed by atoms with Crippen LogP contribution in [-0.4, -0.2) is 29.7 Å². The molecule has 1 rings (SSSR count). The molecule has 96 valence electrons. The summed E-state index contributed by atoms with van der Waals surface area (Å²) < 4.78 is 37.5. The highest BCUT2D eigenvalue weighted by Crippen LogP contribution is 2.40. The third-order valence-corrected chi connectivity index (χ3v) is 3.10. The van der Waals surface area contributed by atoms with Crippen molar-refractivity contribution in [1.29, 1.82) is 0 Å². The van der Waals surface area contributed by atoms with Crippen LogP contribution in [0.25, 0.3) is 0 Å². The summed E-state index contributed by atoms with van der Waals surface area (Å²) >= 11 is 0. The molecular weight excluding hydrogens is 268 g/mol. The monoisotopic (exact) mass is 280 g/mol. The van der Waals surface area contributed by atoms with Crippen molar-refractivity contribution in [2.45, 2.75) is 5.75 Å². The lowest BCUT2D eigenvalue weighted by Crippen LogP contribution is -2.02. The second-order valence-corrected chi connectivity index (χ2v) is 5.95. The van der Waals surface area contributed by atoms with Gasteiger partial charge in [0.25, 0.3) is 0 Å². The highest BCUT2D eigenvalue weighted by Gasteiger charge is 2.19. The quantitative estimate of drug-likeness (QED) is 0.770. The zero-order chi connectivity index (χ0) is 13.1. The Hall–Kier alpha value is -1.14. The summed E-state index contributed by atoms with van der Waals surface area (Å²) in [5, 5.41) is 0. The van der Waals surface area contributed by atoms with Crippen LogP contribution in [-0.2, 0) is 14.8 Å². The molecule has 0 unspecified atom stereocenters. The van der Waals surface area contributed by atoms with E-state index < -0.39 is 9.05 Å². The smallest absolute Gasteiger partial charge is 0.236 e. The van der Waals surface area contributed by atoms with Crippen LogP contribution >= 0.6 is 10.7 Å². The van der Waals surface area contributed by atoms with Crippen LogP contribution in [0.15, 0.2) is 12.1 Å². The molecule has 0 bridgehead atoms. The van der Waals surface area contributed by atoms with Crippen molar-refractivity contribution < 1.29 is 22.6 Å². The Morgan fingerprint density at radius 1 is 1.06 bits per heavy atom. The molecule has 0 spiro atoms. The number of rotatable bonds is 5. The van der Waals surface area contributed by atoms with Crippen LogP contribution in [0.2, 0.25) is 0 Å². The van der Waals surface area contributed by atoms with Crippen LogP contribution < -0.4 is 14.2 Å². The van der Waals surface area contributed by atoms with Gasteiger partial charge in [-0.1, -0.05) is 6.07 Å². The van der Waals surface area contributed by atoms with Gasteiger partial charge in [-0.2, -0.15) is 0 Å². The topological polar surface area (TPSA) is 61.8 Å². The fraction of sp³-hybridized carbons (Fsp3) is 0.400. The van der Waals surface area contributed by atoms with Crippen LogP contribution in [0.5, 0.6) is 17.2 Å².